The molecule has 20 heavy (non-hydrogen) atoms. The lowest BCUT2D eigenvalue weighted by Crippen LogP contribution is -2.05. The van der Waals surface area contributed by atoms with E-state index in [2.05, 4.69) is 15.3 Å². The monoisotopic (exact) mass is 294 g/mol. The maximum atomic E-state index is 6.06. The summed E-state index contributed by atoms with van der Waals surface area (Å²) in [5, 5.41) is 3.56. The summed E-state index contributed by atoms with van der Waals surface area (Å²) in [6.45, 7) is 2.34. The van der Waals surface area contributed by atoms with Crippen molar-refractivity contribution >= 4 is 28.8 Å². The van der Waals surface area contributed by atoms with Gasteiger partial charge in [-0.3, -0.25) is 0 Å². The molecule has 1 aromatic carbocycles. The fourth-order valence-electron chi connectivity index (χ4n) is 1.61. The third-order valence-corrected chi connectivity index (χ3v) is 2.84. The van der Waals surface area contributed by atoms with Gasteiger partial charge in [-0.25, -0.2) is 4.98 Å². The Hall–Kier alpha value is -2.21. The van der Waals surface area contributed by atoms with Crippen molar-refractivity contribution in [1.82, 2.24) is 9.97 Å². The number of aromatic nitrogens is 2. The van der Waals surface area contributed by atoms with E-state index in [1.165, 1.54) is 6.33 Å². The maximum Gasteiger partial charge on any atom is 0.242 e. The van der Waals surface area contributed by atoms with Crippen LogP contribution in [0.3, 0.4) is 0 Å². The lowest BCUT2D eigenvalue weighted by atomic mass is 10.3. The third-order valence-electron chi connectivity index (χ3n) is 2.54. The lowest BCUT2D eigenvalue weighted by Gasteiger charge is -2.12. The van der Waals surface area contributed by atoms with E-state index in [-0.39, 0.29) is 0 Å². The summed E-state index contributed by atoms with van der Waals surface area (Å²) >= 11 is 6.06. The average molecular weight is 295 g/mol. The minimum Gasteiger partial charge on any atom is -0.495 e. The molecule has 3 N–H and O–H groups in total. The van der Waals surface area contributed by atoms with Gasteiger partial charge < -0.3 is 20.5 Å². The molecule has 106 valence electrons. The quantitative estimate of drug-likeness (QED) is 0.882. The Labute approximate surface area is 121 Å². The number of ether oxygens (including phenoxy) is 2. The predicted molar refractivity (Wildman–Crippen MR) is 78.9 cm³/mol. The number of rotatable bonds is 5. The molecule has 6 nitrogen and oxygen atoms in total. The van der Waals surface area contributed by atoms with E-state index >= 15 is 0 Å². The van der Waals surface area contributed by atoms with Gasteiger partial charge in [-0.15, -0.1) is 0 Å². The first kappa shape index (κ1) is 14.2. The minimum atomic E-state index is 0.348. The summed E-state index contributed by atoms with van der Waals surface area (Å²) in [5.74, 6) is 1.41. The fourth-order valence-corrected chi connectivity index (χ4v) is 1.87. The zero-order valence-corrected chi connectivity index (χ0v) is 11.9. The molecule has 2 aromatic rings. The van der Waals surface area contributed by atoms with Gasteiger partial charge in [-0.1, -0.05) is 11.6 Å². The second-order valence-electron chi connectivity index (χ2n) is 3.85. The smallest absolute Gasteiger partial charge is 0.242 e. The van der Waals surface area contributed by atoms with E-state index < -0.39 is 0 Å². The summed E-state index contributed by atoms with van der Waals surface area (Å²) in [6.07, 6.45) is 1.38. The van der Waals surface area contributed by atoms with Crippen molar-refractivity contribution in [3.05, 3.63) is 29.5 Å². The van der Waals surface area contributed by atoms with Crippen LogP contribution in [-0.2, 0) is 0 Å². The molecule has 1 aromatic heterocycles. The van der Waals surface area contributed by atoms with Gasteiger partial charge in [0.05, 0.1) is 18.7 Å². The summed E-state index contributed by atoms with van der Waals surface area (Å²) in [7, 11) is 1.56. The molecule has 0 spiro atoms. The van der Waals surface area contributed by atoms with Crippen LogP contribution in [0.4, 0.5) is 17.2 Å². The summed E-state index contributed by atoms with van der Waals surface area (Å²) in [6, 6.07) is 5.29. The number of nitrogens with zero attached hydrogens (tertiary/aromatic N) is 2. The first-order valence-electron chi connectivity index (χ1n) is 5.99. The molecule has 0 fully saturated rings. The number of hydrogen-bond donors (Lipinski definition) is 2. The highest BCUT2D eigenvalue weighted by atomic mass is 35.5. The highest BCUT2D eigenvalue weighted by Crippen LogP contribution is 2.31. The highest BCUT2D eigenvalue weighted by Gasteiger charge is 2.10. The standard InChI is InChI=1S/C13H15ClN4O2/c1-3-20-13-11(15)12(16-7-17-13)18-8-4-5-10(19-2)9(14)6-8/h4-7H,3,15H2,1-2H3,(H,16,17,18). The van der Waals surface area contributed by atoms with Crippen LogP contribution >= 0.6 is 11.6 Å². The number of nitrogens with two attached hydrogens (primary N) is 1. The van der Waals surface area contributed by atoms with E-state index in [9.17, 15) is 0 Å². The van der Waals surface area contributed by atoms with Crippen LogP contribution < -0.4 is 20.5 Å². The molecule has 0 aliphatic rings. The molecule has 0 atom stereocenters. The molecule has 0 unspecified atom stereocenters. The van der Waals surface area contributed by atoms with E-state index in [1.54, 1.807) is 19.2 Å². The Morgan fingerprint density at radius 3 is 2.80 bits per heavy atom. The molecule has 0 saturated carbocycles. The van der Waals surface area contributed by atoms with Crippen molar-refractivity contribution in [2.75, 3.05) is 24.8 Å². The fraction of sp³-hybridized carbons (Fsp3) is 0.231. The predicted octanol–water partition coefficient (Wildman–Crippen LogP) is 2.86. The summed E-state index contributed by atoms with van der Waals surface area (Å²) in [5.41, 5.74) is 7.03. The number of halogens is 1. The van der Waals surface area contributed by atoms with Gasteiger partial charge in [-0.2, -0.15) is 4.98 Å². The van der Waals surface area contributed by atoms with Crippen molar-refractivity contribution in [3.8, 4) is 11.6 Å². The van der Waals surface area contributed by atoms with Gasteiger partial charge in [0.1, 0.15) is 17.8 Å². The van der Waals surface area contributed by atoms with E-state index in [1.807, 2.05) is 13.0 Å². The van der Waals surface area contributed by atoms with Gasteiger partial charge in [0.2, 0.25) is 5.88 Å². The number of methoxy groups -OCH3 is 1. The normalized spacial score (nSPS) is 10.2. The number of nitrogens with one attached hydrogen (secondary N) is 1. The summed E-state index contributed by atoms with van der Waals surface area (Å²) in [4.78, 5) is 8.06. The summed E-state index contributed by atoms with van der Waals surface area (Å²) < 4.78 is 10.4. The molecule has 0 aliphatic heterocycles. The topological polar surface area (TPSA) is 82.3 Å². The number of hydrogen-bond acceptors (Lipinski definition) is 6. The molecular weight excluding hydrogens is 280 g/mol. The number of nitrogen functional groups attached to an aromatic ring is 1. The van der Waals surface area contributed by atoms with Crippen molar-refractivity contribution in [1.29, 1.82) is 0 Å². The SMILES string of the molecule is CCOc1ncnc(Nc2ccc(OC)c(Cl)c2)c1N. The molecule has 2 rings (SSSR count). The van der Waals surface area contributed by atoms with Crippen molar-refractivity contribution in [2.45, 2.75) is 6.92 Å². The van der Waals surface area contributed by atoms with E-state index in [0.29, 0.717) is 34.8 Å². The molecule has 0 bridgehead atoms. The van der Waals surface area contributed by atoms with Crippen molar-refractivity contribution in [3.63, 3.8) is 0 Å². The highest BCUT2D eigenvalue weighted by molar-refractivity contribution is 6.32. The van der Waals surface area contributed by atoms with Crippen LogP contribution in [0, 0.1) is 0 Å². The van der Waals surface area contributed by atoms with Gasteiger partial charge in [0, 0.05) is 5.69 Å². The Bertz CT molecular complexity index is 607. The van der Waals surface area contributed by atoms with Crippen LogP contribution in [0.15, 0.2) is 24.5 Å². The molecule has 0 radical (unpaired) electrons. The van der Waals surface area contributed by atoms with Crippen LogP contribution in [0.2, 0.25) is 5.02 Å². The third kappa shape index (κ3) is 3.03. The minimum absolute atomic E-state index is 0.348. The van der Waals surface area contributed by atoms with Crippen LogP contribution in [0.1, 0.15) is 6.92 Å². The second kappa shape index (κ2) is 6.29. The molecule has 1 heterocycles. The Balaban J connectivity index is 2.26. The first-order valence-corrected chi connectivity index (χ1v) is 6.37. The van der Waals surface area contributed by atoms with E-state index in [4.69, 9.17) is 26.8 Å². The average Bonchev–Trinajstić information content (AvgIpc) is 2.44. The van der Waals surface area contributed by atoms with Crippen LogP contribution in [0.25, 0.3) is 0 Å². The van der Waals surface area contributed by atoms with Gasteiger partial charge in [0.15, 0.2) is 5.82 Å². The number of anilines is 3. The number of benzene rings is 1. The zero-order chi connectivity index (χ0) is 14.5. The molecule has 0 aliphatic carbocycles. The maximum absolute atomic E-state index is 6.06. The Kier molecular flexibility index (Phi) is 4.47. The van der Waals surface area contributed by atoms with Crippen LogP contribution in [0.5, 0.6) is 11.6 Å². The molecule has 0 amide bonds. The Morgan fingerprint density at radius 1 is 1.35 bits per heavy atom. The van der Waals surface area contributed by atoms with Gasteiger partial charge in [-0.05, 0) is 25.1 Å². The second-order valence-corrected chi connectivity index (χ2v) is 4.26. The van der Waals surface area contributed by atoms with Crippen LogP contribution in [-0.4, -0.2) is 23.7 Å². The molecular formula is C13H15ClN4O2. The van der Waals surface area contributed by atoms with Crippen molar-refractivity contribution in [2.24, 2.45) is 0 Å². The van der Waals surface area contributed by atoms with Gasteiger partial charge in [0.25, 0.3) is 0 Å². The Morgan fingerprint density at radius 2 is 2.15 bits per heavy atom. The lowest BCUT2D eigenvalue weighted by molar-refractivity contribution is 0.328. The first-order chi connectivity index (χ1) is 9.65. The zero-order valence-electron chi connectivity index (χ0n) is 11.2. The molecule has 0 saturated heterocycles. The van der Waals surface area contributed by atoms with E-state index in [0.717, 1.165) is 5.69 Å². The largest absolute Gasteiger partial charge is 0.495 e. The molecule has 7 heteroatoms. The van der Waals surface area contributed by atoms with Crippen molar-refractivity contribution < 1.29 is 9.47 Å². The van der Waals surface area contributed by atoms with Gasteiger partial charge >= 0.3 is 0 Å².